The molecule has 0 bridgehead atoms. The van der Waals surface area contributed by atoms with Gasteiger partial charge in [-0.2, -0.15) is 0 Å². The van der Waals surface area contributed by atoms with Gasteiger partial charge in [-0.15, -0.1) is 0 Å². The van der Waals surface area contributed by atoms with Gasteiger partial charge in [0.05, 0.1) is 0 Å². The molecule has 0 saturated carbocycles. The molecule has 0 aliphatic carbocycles. The molecule has 1 heteroatoms. The molecule has 0 atom stereocenters. The minimum Gasteiger partial charge on any atom is -0.261 e. The van der Waals surface area contributed by atoms with Crippen LogP contribution in [-0.2, 0) is 0 Å². The van der Waals surface area contributed by atoms with Gasteiger partial charge < -0.3 is 0 Å². The van der Waals surface area contributed by atoms with Gasteiger partial charge in [0, 0.05) is 17.3 Å². The molecular weight excluding hydrogens is 206 g/mol. The predicted molar refractivity (Wildman–Crippen MR) is 78.4 cm³/mol. The smallest absolute Gasteiger partial charge is 0.0450 e. The maximum absolute atomic E-state index is 4.21. The minimum atomic E-state index is 1.10. The van der Waals surface area contributed by atoms with E-state index in [9.17, 15) is 0 Å². The van der Waals surface area contributed by atoms with E-state index in [0.717, 1.165) is 5.69 Å². The van der Waals surface area contributed by atoms with Crippen molar-refractivity contribution in [2.75, 3.05) is 0 Å². The summed E-state index contributed by atoms with van der Waals surface area (Å²) < 4.78 is 0. The van der Waals surface area contributed by atoms with Gasteiger partial charge in [-0.05, 0) is 18.4 Å². The fourth-order valence-corrected chi connectivity index (χ4v) is 1.27. The lowest BCUT2D eigenvalue weighted by molar-refractivity contribution is 0.886. The average Bonchev–Trinajstić information content (AvgIpc) is 2.42. The Labute approximate surface area is 106 Å². The highest BCUT2D eigenvalue weighted by atomic mass is 14.7. The lowest BCUT2D eigenvalue weighted by atomic mass is 10.1. The molecule has 1 aromatic carbocycles. The molecule has 0 amide bonds. The summed E-state index contributed by atoms with van der Waals surface area (Å²) in [6.45, 7) is 10.4. The van der Waals surface area contributed by atoms with Gasteiger partial charge >= 0.3 is 0 Å². The summed E-state index contributed by atoms with van der Waals surface area (Å²) in [5.74, 6) is 0. The number of hydrogen-bond acceptors (Lipinski definition) is 1. The monoisotopic (exact) mass is 231 g/mol. The first-order chi connectivity index (χ1) is 8.29. The summed E-state index contributed by atoms with van der Waals surface area (Å²) in [6.07, 6.45) is 4.48. The normalized spacial score (nSPS) is 8.76. The standard InChI is InChI=1S/C10H9N.C4H10.C2H6/c1-8-10-5-3-2-4-9(10)6-7-11-8;1-3-4-2;1-2/h2-7H,1H3;3-4H2,1-2H3;1-2H3. The molecule has 2 aromatic rings. The molecule has 94 valence electrons. The van der Waals surface area contributed by atoms with Crippen LogP contribution in [-0.4, -0.2) is 4.98 Å². The Morgan fingerprint density at radius 2 is 1.53 bits per heavy atom. The van der Waals surface area contributed by atoms with Gasteiger partial charge in [0.15, 0.2) is 0 Å². The van der Waals surface area contributed by atoms with Gasteiger partial charge in [0.25, 0.3) is 0 Å². The highest BCUT2D eigenvalue weighted by Crippen LogP contribution is 2.14. The Morgan fingerprint density at radius 3 is 2.06 bits per heavy atom. The maximum atomic E-state index is 4.21. The molecule has 0 aliphatic heterocycles. The van der Waals surface area contributed by atoms with Crippen molar-refractivity contribution >= 4 is 10.8 Å². The van der Waals surface area contributed by atoms with Crippen molar-refractivity contribution in [1.82, 2.24) is 4.98 Å². The van der Waals surface area contributed by atoms with Crippen LogP contribution in [0.15, 0.2) is 36.5 Å². The molecule has 0 radical (unpaired) electrons. The van der Waals surface area contributed by atoms with Crippen LogP contribution in [0.2, 0.25) is 0 Å². The molecule has 0 aliphatic rings. The molecule has 1 heterocycles. The SMILES string of the molecule is CC.CCCC.Cc1nccc2ccccc12. The number of unbranched alkanes of at least 4 members (excludes halogenated alkanes) is 1. The van der Waals surface area contributed by atoms with Crippen LogP contribution < -0.4 is 0 Å². The summed E-state index contributed by atoms with van der Waals surface area (Å²) in [6, 6.07) is 10.3. The first kappa shape index (κ1) is 15.6. The molecule has 0 unspecified atom stereocenters. The number of nitrogens with zero attached hydrogens (tertiary/aromatic N) is 1. The number of pyridine rings is 1. The van der Waals surface area contributed by atoms with Gasteiger partial charge in [-0.1, -0.05) is 64.8 Å². The van der Waals surface area contributed by atoms with E-state index in [1.165, 1.54) is 23.6 Å². The Balaban J connectivity index is 0.000000368. The molecule has 1 nitrogen and oxygen atoms in total. The summed E-state index contributed by atoms with van der Waals surface area (Å²) >= 11 is 0. The lowest BCUT2D eigenvalue weighted by Gasteiger charge is -1.97. The largest absolute Gasteiger partial charge is 0.261 e. The first-order valence-electron chi connectivity index (χ1n) is 6.60. The van der Waals surface area contributed by atoms with Crippen LogP contribution in [0, 0.1) is 6.92 Å². The zero-order valence-electron chi connectivity index (χ0n) is 11.8. The van der Waals surface area contributed by atoms with E-state index in [-0.39, 0.29) is 0 Å². The Hall–Kier alpha value is -1.37. The number of rotatable bonds is 1. The van der Waals surface area contributed by atoms with Crippen LogP contribution >= 0.6 is 0 Å². The first-order valence-corrected chi connectivity index (χ1v) is 6.60. The summed E-state index contributed by atoms with van der Waals surface area (Å²) in [4.78, 5) is 4.21. The van der Waals surface area contributed by atoms with E-state index in [2.05, 4.69) is 31.0 Å². The van der Waals surface area contributed by atoms with Crippen molar-refractivity contribution in [3.63, 3.8) is 0 Å². The zero-order valence-corrected chi connectivity index (χ0v) is 11.8. The molecule has 2 rings (SSSR count). The van der Waals surface area contributed by atoms with Crippen molar-refractivity contribution in [2.45, 2.75) is 47.5 Å². The molecule has 0 saturated heterocycles. The molecule has 17 heavy (non-hydrogen) atoms. The maximum Gasteiger partial charge on any atom is 0.0450 e. The van der Waals surface area contributed by atoms with Crippen molar-refractivity contribution in [1.29, 1.82) is 0 Å². The molecule has 0 spiro atoms. The Morgan fingerprint density at radius 1 is 0.941 bits per heavy atom. The van der Waals surface area contributed by atoms with Gasteiger partial charge in [0.2, 0.25) is 0 Å². The fraction of sp³-hybridized carbons (Fsp3) is 0.438. The second-order valence-electron chi connectivity index (χ2n) is 3.62. The summed E-state index contributed by atoms with van der Waals surface area (Å²) in [7, 11) is 0. The third-order valence-corrected chi connectivity index (χ3v) is 2.37. The highest BCUT2D eigenvalue weighted by molar-refractivity contribution is 5.83. The predicted octanol–water partition coefficient (Wildman–Crippen LogP) is 5.38. The Bertz CT molecular complexity index is 400. The number of hydrogen-bond donors (Lipinski definition) is 0. The highest BCUT2D eigenvalue weighted by Gasteiger charge is 1.93. The molecule has 0 fully saturated rings. The minimum absolute atomic E-state index is 1.10. The fourth-order valence-electron chi connectivity index (χ4n) is 1.27. The van der Waals surface area contributed by atoms with Crippen molar-refractivity contribution in [3.8, 4) is 0 Å². The van der Waals surface area contributed by atoms with E-state index in [1.54, 1.807) is 0 Å². The number of aryl methyl sites for hydroxylation is 1. The van der Waals surface area contributed by atoms with E-state index < -0.39 is 0 Å². The molecule has 0 N–H and O–H groups in total. The van der Waals surface area contributed by atoms with E-state index in [0.29, 0.717) is 0 Å². The van der Waals surface area contributed by atoms with E-state index in [4.69, 9.17) is 0 Å². The molecular formula is C16H25N. The second kappa shape index (κ2) is 9.83. The summed E-state index contributed by atoms with van der Waals surface area (Å²) in [5, 5.41) is 2.51. The summed E-state index contributed by atoms with van der Waals surface area (Å²) in [5.41, 5.74) is 1.10. The second-order valence-corrected chi connectivity index (χ2v) is 3.62. The van der Waals surface area contributed by atoms with Gasteiger partial charge in [-0.3, -0.25) is 4.98 Å². The van der Waals surface area contributed by atoms with Crippen molar-refractivity contribution in [2.24, 2.45) is 0 Å². The number of benzene rings is 1. The third-order valence-electron chi connectivity index (χ3n) is 2.37. The Kier molecular flexibility index (Phi) is 9.04. The van der Waals surface area contributed by atoms with Crippen molar-refractivity contribution in [3.05, 3.63) is 42.2 Å². The lowest BCUT2D eigenvalue weighted by Crippen LogP contribution is -1.80. The number of aromatic nitrogens is 1. The quantitative estimate of drug-likeness (QED) is 0.642. The third kappa shape index (κ3) is 5.48. The van der Waals surface area contributed by atoms with Crippen LogP contribution in [0.1, 0.15) is 46.2 Å². The zero-order chi connectivity index (χ0) is 13.1. The van der Waals surface area contributed by atoms with E-state index in [1.807, 2.05) is 45.2 Å². The topological polar surface area (TPSA) is 12.9 Å². The molecule has 1 aromatic heterocycles. The van der Waals surface area contributed by atoms with Crippen LogP contribution in [0.25, 0.3) is 10.8 Å². The van der Waals surface area contributed by atoms with Gasteiger partial charge in [0.1, 0.15) is 0 Å². The number of fused-ring (bicyclic) bond motifs is 1. The van der Waals surface area contributed by atoms with E-state index >= 15 is 0 Å². The average molecular weight is 231 g/mol. The van der Waals surface area contributed by atoms with Crippen LogP contribution in [0.4, 0.5) is 0 Å². The van der Waals surface area contributed by atoms with Crippen LogP contribution in [0.3, 0.4) is 0 Å². The van der Waals surface area contributed by atoms with Gasteiger partial charge in [-0.25, -0.2) is 0 Å². The van der Waals surface area contributed by atoms with Crippen molar-refractivity contribution < 1.29 is 0 Å². The van der Waals surface area contributed by atoms with Crippen LogP contribution in [0.5, 0.6) is 0 Å².